The number of thiocarbonyl (C=S) groups is 1. The van der Waals surface area contributed by atoms with Gasteiger partial charge in [-0.3, -0.25) is 4.79 Å². The highest BCUT2D eigenvalue weighted by molar-refractivity contribution is 7.80. The second-order valence-electron chi connectivity index (χ2n) is 4.35. The van der Waals surface area contributed by atoms with Crippen molar-refractivity contribution in [3.05, 3.63) is 64.2 Å². The van der Waals surface area contributed by atoms with Crippen LogP contribution in [0.15, 0.2) is 42.5 Å². The van der Waals surface area contributed by atoms with Crippen LogP contribution in [0.2, 0.25) is 5.02 Å². The fraction of sp³-hybridized carbons (Fsp3) is 0.0667. The molecule has 0 bridgehead atoms. The molecule has 2 aromatic carbocycles. The Morgan fingerprint density at radius 2 is 1.75 bits per heavy atom. The number of aryl methyl sites for hydroxylation is 1. The fourth-order valence-electron chi connectivity index (χ4n) is 1.71. The van der Waals surface area contributed by atoms with E-state index in [4.69, 9.17) is 29.6 Å². The number of amides is 1. The highest BCUT2D eigenvalue weighted by Gasteiger charge is 2.09. The van der Waals surface area contributed by atoms with Crippen LogP contribution in [0.25, 0.3) is 0 Å². The molecule has 5 heteroatoms. The van der Waals surface area contributed by atoms with Crippen molar-refractivity contribution < 1.29 is 4.79 Å². The van der Waals surface area contributed by atoms with Crippen molar-refractivity contribution in [2.75, 3.05) is 5.32 Å². The van der Waals surface area contributed by atoms with Crippen molar-refractivity contribution in [3.8, 4) is 0 Å². The third-order valence-corrected chi connectivity index (χ3v) is 3.36. The lowest BCUT2D eigenvalue weighted by Gasteiger charge is -2.10. The molecule has 0 aliphatic carbocycles. The number of nitrogens with two attached hydrogens (primary N) is 1. The predicted molar refractivity (Wildman–Crippen MR) is 86.5 cm³/mol. The largest absolute Gasteiger partial charge is 0.389 e. The molecule has 3 N–H and O–H groups in total. The first-order valence-electron chi connectivity index (χ1n) is 5.95. The molecular formula is C15H13ClN2OS. The number of carbonyl (C=O) groups excluding carboxylic acids is 1. The maximum atomic E-state index is 12.1. The van der Waals surface area contributed by atoms with Gasteiger partial charge in [-0.2, -0.15) is 0 Å². The summed E-state index contributed by atoms with van der Waals surface area (Å²) in [5, 5.41) is 3.43. The third-order valence-electron chi connectivity index (χ3n) is 2.88. The SMILES string of the molecule is Cc1ccc(C(N)=S)cc1NC(=O)c1ccc(Cl)cc1. The van der Waals surface area contributed by atoms with Gasteiger partial charge in [-0.25, -0.2) is 0 Å². The quantitative estimate of drug-likeness (QED) is 0.853. The second kappa shape index (κ2) is 6.03. The van der Waals surface area contributed by atoms with Crippen LogP contribution in [-0.4, -0.2) is 10.9 Å². The van der Waals surface area contributed by atoms with Gasteiger partial charge in [0, 0.05) is 21.8 Å². The second-order valence-corrected chi connectivity index (χ2v) is 5.23. The van der Waals surface area contributed by atoms with Gasteiger partial charge >= 0.3 is 0 Å². The Kier molecular flexibility index (Phi) is 4.37. The molecule has 2 aromatic rings. The molecule has 0 atom stereocenters. The number of rotatable bonds is 3. The summed E-state index contributed by atoms with van der Waals surface area (Å²) in [6, 6.07) is 12.2. The van der Waals surface area contributed by atoms with Gasteiger partial charge in [0.2, 0.25) is 0 Å². The van der Waals surface area contributed by atoms with E-state index < -0.39 is 0 Å². The summed E-state index contributed by atoms with van der Waals surface area (Å²) in [4.78, 5) is 12.4. The monoisotopic (exact) mass is 304 g/mol. The number of halogens is 1. The summed E-state index contributed by atoms with van der Waals surface area (Å²) in [6.45, 7) is 1.90. The lowest BCUT2D eigenvalue weighted by Crippen LogP contribution is -2.14. The van der Waals surface area contributed by atoms with E-state index in [-0.39, 0.29) is 5.91 Å². The molecule has 0 aliphatic rings. The minimum atomic E-state index is -0.204. The maximum Gasteiger partial charge on any atom is 0.255 e. The molecule has 3 nitrogen and oxygen atoms in total. The van der Waals surface area contributed by atoms with Crippen molar-refractivity contribution in [2.24, 2.45) is 5.73 Å². The molecule has 20 heavy (non-hydrogen) atoms. The Morgan fingerprint density at radius 3 is 2.35 bits per heavy atom. The number of hydrogen-bond acceptors (Lipinski definition) is 2. The molecular weight excluding hydrogens is 292 g/mol. The number of nitrogens with one attached hydrogen (secondary N) is 1. The Morgan fingerprint density at radius 1 is 1.15 bits per heavy atom. The topological polar surface area (TPSA) is 55.1 Å². The number of benzene rings is 2. The highest BCUT2D eigenvalue weighted by atomic mass is 35.5. The van der Waals surface area contributed by atoms with Crippen LogP contribution in [0.4, 0.5) is 5.69 Å². The lowest BCUT2D eigenvalue weighted by molar-refractivity contribution is 0.102. The van der Waals surface area contributed by atoms with Crippen molar-refractivity contribution >= 4 is 40.4 Å². The smallest absolute Gasteiger partial charge is 0.255 e. The summed E-state index contributed by atoms with van der Waals surface area (Å²) >= 11 is 10.7. The minimum Gasteiger partial charge on any atom is -0.389 e. The van der Waals surface area contributed by atoms with Gasteiger partial charge in [-0.05, 0) is 42.8 Å². The minimum absolute atomic E-state index is 0.204. The van der Waals surface area contributed by atoms with Crippen LogP contribution >= 0.6 is 23.8 Å². The van der Waals surface area contributed by atoms with Gasteiger partial charge in [0.15, 0.2) is 0 Å². The van der Waals surface area contributed by atoms with Crippen LogP contribution in [-0.2, 0) is 0 Å². The Bertz CT molecular complexity index is 668. The van der Waals surface area contributed by atoms with E-state index in [0.717, 1.165) is 11.1 Å². The maximum absolute atomic E-state index is 12.1. The van der Waals surface area contributed by atoms with E-state index in [1.807, 2.05) is 19.1 Å². The first kappa shape index (κ1) is 14.5. The summed E-state index contributed by atoms with van der Waals surface area (Å²) in [7, 11) is 0. The first-order chi connectivity index (χ1) is 9.47. The molecule has 0 heterocycles. The standard InChI is InChI=1S/C15H13ClN2OS/c1-9-2-3-11(14(17)20)8-13(9)18-15(19)10-4-6-12(16)7-5-10/h2-8H,1H3,(H2,17,20)(H,18,19). The van der Waals surface area contributed by atoms with E-state index in [2.05, 4.69) is 5.32 Å². The fourth-order valence-corrected chi connectivity index (χ4v) is 1.96. The molecule has 0 spiro atoms. The van der Waals surface area contributed by atoms with E-state index in [1.54, 1.807) is 30.3 Å². The first-order valence-corrected chi connectivity index (χ1v) is 6.73. The Hall–Kier alpha value is -1.91. The van der Waals surface area contributed by atoms with Crippen LogP contribution in [0.5, 0.6) is 0 Å². The zero-order valence-electron chi connectivity index (χ0n) is 10.8. The summed E-state index contributed by atoms with van der Waals surface area (Å²) in [5.41, 5.74) is 8.48. The summed E-state index contributed by atoms with van der Waals surface area (Å²) in [6.07, 6.45) is 0. The zero-order chi connectivity index (χ0) is 14.7. The number of hydrogen-bond donors (Lipinski definition) is 2. The van der Waals surface area contributed by atoms with Crippen LogP contribution < -0.4 is 11.1 Å². The molecule has 0 unspecified atom stereocenters. The zero-order valence-corrected chi connectivity index (χ0v) is 12.4. The van der Waals surface area contributed by atoms with E-state index >= 15 is 0 Å². The average Bonchev–Trinajstić information content (AvgIpc) is 2.41. The summed E-state index contributed by atoms with van der Waals surface area (Å²) in [5.74, 6) is -0.204. The number of carbonyl (C=O) groups is 1. The normalized spacial score (nSPS) is 10.1. The Balaban J connectivity index is 2.25. The van der Waals surface area contributed by atoms with Crippen molar-refractivity contribution in [3.63, 3.8) is 0 Å². The van der Waals surface area contributed by atoms with Gasteiger partial charge in [0.05, 0.1) is 0 Å². The van der Waals surface area contributed by atoms with Gasteiger partial charge < -0.3 is 11.1 Å². The van der Waals surface area contributed by atoms with Crippen LogP contribution in [0.3, 0.4) is 0 Å². The van der Waals surface area contributed by atoms with Crippen molar-refractivity contribution in [2.45, 2.75) is 6.92 Å². The van der Waals surface area contributed by atoms with Crippen LogP contribution in [0.1, 0.15) is 21.5 Å². The van der Waals surface area contributed by atoms with E-state index in [9.17, 15) is 4.79 Å². The molecule has 2 rings (SSSR count). The molecule has 1 amide bonds. The average molecular weight is 305 g/mol. The Labute approximate surface area is 127 Å². The van der Waals surface area contributed by atoms with Crippen LogP contribution in [0, 0.1) is 6.92 Å². The molecule has 0 aliphatic heterocycles. The van der Waals surface area contributed by atoms with Crippen molar-refractivity contribution in [1.82, 2.24) is 0 Å². The van der Waals surface area contributed by atoms with Gasteiger partial charge in [-0.1, -0.05) is 36.0 Å². The predicted octanol–water partition coefficient (Wildman–Crippen LogP) is 3.53. The van der Waals surface area contributed by atoms with E-state index in [0.29, 0.717) is 21.3 Å². The van der Waals surface area contributed by atoms with Gasteiger partial charge in [0.1, 0.15) is 4.99 Å². The third kappa shape index (κ3) is 3.35. The highest BCUT2D eigenvalue weighted by Crippen LogP contribution is 2.18. The molecule has 0 fully saturated rings. The molecule has 0 aromatic heterocycles. The molecule has 0 saturated heterocycles. The van der Waals surface area contributed by atoms with E-state index in [1.165, 1.54) is 0 Å². The number of anilines is 1. The van der Waals surface area contributed by atoms with Crippen molar-refractivity contribution in [1.29, 1.82) is 0 Å². The molecule has 102 valence electrons. The van der Waals surface area contributed by atoms with Gasteiger partial charge in [-0.15, -0.1) is 0 Å². The summed E-state index contributed by atoms with van der Waals surface area (Å²) < 4.78 is 0. The molecule has 0 radical (unpaired) electrons. The molecule has 0 saturated carbocycles. The van der Waals surface area contributed by atoms with Gasteiger partial charge in [0.25, 0.3) is 5.91 Å². The lowest BCUT2D eigenvalue weighted by atomic mass is 10.1.